The highest BCUT2D eigenvalue weighted by Gasteiger charge is 2.31. The highest BCUT2D eigenvalue weighted by Crippen LogP contribution is 2.36. The number of aliphatic hydroxyl groups is 2. The molecular weight excluding hydrogens is 188 g/mol. The molecule has 1 rings (SSSR count). The van der Waals surface area contributed by atoms with Gasteiger partial charge in [-0.15, -0.1) is 0 Å². The largest absolute Gasteiger partial charge is 0.393 e. The SMILES string of the molecule is CCC(O)CC1CC(C(C)C)CCC1O. The van der Waals surface area contributed by atoms with Gasteiger partial charge in [0.15, 0.2) is 0 Å². The van der Waals surface area contributed by atoms with Crippen LogP contribution in [0.5, 0.6) is 0 Å². The van der Waals surface area contributed by atoms with E-state index < -0.39 is 0 Å². The molecule has 0 amide bonds. The molecule has 2 N–H and O–H groups in total. The van der Waals surface area contributed by atoms with Gasteiger partial charge in [-0.1, -0.05) is 20.8 Å². The van der Waals surface area contributed by atoms with Gasteiger partial charge in [-0.3, -0.25) is 0 Å². The molecule has 0 aromatic rings. The van der Waals surface area contributed by atoms with Crippen molar-refractivity contribution in [3.8, 4) is 0 Å². The molecule has 1 aliphatic rings. The fourth-order valence-corrected chi connectivity index (χ4v) is 2.66. The molecule has 1 fully saturated rings. The quantitative estimate of drug-likeness (QED) is 0.755. The Bertz CT molecular complexity index is 179. The van der Waals surface area contributed by atoms with Crippen molar-refractivity contribution in [1.29, 1.82) is 0 Å². The van der Waals surface area contributed by atoms with Crippen molar-refractivity contribution in [3.63, 3.8) is 0 Å². The van der Waals surface area contributed by atoms with Crippen molar-refractivity contribution in [2.75, 3.05) is 0 Å². The monoisotopic (exact) mass is 214 g/mol. The number of aliphatic hydroxyl groups excluding tert-OH is 2. The minimum Gasteiger partial charge on any atom is -0.393 e. The highest BCUT2D eigenvalue weighted by molar-refractivity contribution is 4.82. The molecular formula is C13H26O2. The smallest absolute Gasteiger partial charge is 0.0569 e. The summed E-state index contributed by atoms with van der Waals surface area (Å²) < 4.78 is 0. The summed E-state index contributed by atoms with van der Waals surface area (Å²) in [6, 6.07) is 0. The minimum absolute atomic E-state index is 0.179. The maximum Gasteiger partial charge on any atom is 0.0569 e. The van der Waals surface area contributed by atoms with Crippen LogP contribution in [0.4, 0.5) is 0 Å². The zero-order valence-electron chi connectivity index (χ0n) is 10.3. The Morgan fingerprint density at radius 1 is 1.27 bits per heavy atom. The van der Waals surface area contributed by atoms with Gasteiger partial charge in [0.05, 0.1) is 12.2 Å². The Labute approximate surface area is 93.7 Å². The Morgan fingerprint density at radius 3 is 2.47 bits per heavy atom. The van der Waals surface area contributed by atoms with E-state index in [1.165, 1.54) is 0 Å². The molecule has 1 aliphatic carbocycles. The number of rotatable bonds is 4. The third kappa shape index (κ3) is 3.76. The number of hydrogen-bond donors (Lipinski definition) is 2. The van der Waals surface area contributed by atoms with Gasteiger partial charge in [0.25, 0.3) is 0 Å². The van der Waals surface area contributed by atoms with Crippen LogP contribution in [0, 0.1) is 17.8 Å². The van der Waals surface area contributed by atoms with Gasteiger partial charge >= 0.3 is 0 Å². The van der Waals surface area contributed by atoms with Gasteiger partial charge in [0.1, 0.15) is 0 Å². The second-order valence-electron chi connectivity index (χ2n) is 5.44. The molecule has 2 heteroatoms. The summed E-state index contributed by atoms with van der Waals surface area (Å²) in [6.07, 6.45) is 4.34. The normalized spacial score (nSPS) is 34.4. The van der Waals surface area contributed by atoms with Crippen molar-refractivity contribution in [2.45, 2.75) is 65.1 Å². The molecule has 90 valence electrons. The van der Waals surface area contributed by atoms with Crippen LogP contribution in [-0.2, 0) is 0 Å². The van der Waals surface area contributed by atoms with Gasteiger partial charge in [-0.25, -0.2) is 0 Å². The lowest BCUT2D eigenvalue weighted by Gasteiger charge is -2.36. The average Bonchev–Trinajstić information content (AvgIpc) is 2.20. The minimum atomic E-state index is -0.226. The summed E-state index contributed by atoms with van der Waals surface area (Å²) in [4.78, 5) is 0. The maximum atomic E-state index is 9.90. The van der Waals surface area contributed by atoms with Crippen LogP contribution < -0.4 is 0 Å². The van der Waals surface area contributed by atoms with Crippen LogP contribution in [-0.4, -0.2) is 22.4 Å². The van der Waals surface area contributed by atoms with E-state index in [1.807, 2.05) is 6.92 Å². The molecule has 0 aromatic carbocycles. The van der Waals surface area contributed by atoms with E-state index in [9.17, 15) is 10.2 Å². The predicted molar refractivity (Wildman–Crippen MR) is 62.6 cm³/mol. The lowest BCUT2D eigenvalue weighted by molar-refractivity contribution is 0.00846. The lowest BCUT2D eigenvalue weighted by Crippen LogP contribution is -2.33. The summed E-state index contributed by atoms with van der Waals surface area (Å²) in [5, 5.41) is 19.5. The Morgan fingerprint density at radius 2 is 1.93 bits per heavy atom. The van der Waals surface area contributed by atoms with Crippen LogP contribution in [0.2, 0.25) is 0 Å². The Kier molecular flexibility index (Phi) is 5.07. The van der Waals surface area contributed by atoms with Crippen molar-refractivity contribution in [1.82, 2.24) is 0 Å². The molecule has 0 spiro atoms. The zero-order valence-corrected chi connectivity index (χ0v) is 10.3. The summed E-state index contributed by atoms with van der Waals surface area (Å²) in [5.41, 5.74) is 0. The number of hydrogen-bond acceptors (Lipinski definition) is 2. The van der Waals surface area contributed by atoms with Crippen LogP contribution in [0.3, 0.4) is 0 Å². The van der Waals surface area contributed by atoms with E-state index in [2.05, 4.69) is 13.8 Å². The first kappa shape index (κ1) is 13.0. The summed E-state index contributed by atoms with van der Waals surface area (Å²) in [7, 11) is 0. The zero-order chi connectivity index (χ0) is 11.4. The van der Waals surface area contributed by atoms with Crippen LogP contribution in [0.15, 0.2) is 0 Å². The Balaban J connectivity index is 2.46. The molecule has 0 bridgehead atoms. The third-order valence-corrected chi connectivity index (χ3v) is 3.97. The molecule has 1 saturated carbocycles. The molecule has 0 aromatic heterocycles. The van der Waals surface area contributed by atoms with Gasteiger partial charge in [0.2, 0.25) is 0 Å². The molecule has 15 heavy (non-hydrogen) atoms. The van der Waals surface area contributed by atoms with Gasteiger partial charge < -0.3 is 10.2 Å². The van der Waals surface area contributed by atoms with Crippen LogP contribution >= 0.6 is 0 Å². The van der Waals surface area contributed by atoms with Gasteiger partial charge in [-0.2, -0.15) is 0 Å². The van der Waals surface area contributed by atoms with E-state index in [0.29, 0.717) is 11.8 Å². The molecule has 0 heterocycles. The molecule has 0 radical (unpaired) electrons. The van der Waals surface area contributed by atoms with Crippen LogP contribution in [0.25, 0.3) is 0 Å². The van der Waals surface area contributed by atoms with E-state index in [-0.39, 0.29) is 12.2 Å². The topological polar surface area (TPSA) is 40.5 Å². The molecule has 0 saturated heterocycles. The van der Waals surface area contributed by atoms with Gasteiger partial charge in [0, 0.05) is 0 Å². The molecule has 4 atom stereocenters. The van der Waals surface area contributed by atoms with Crippen molar-refractivity contribution < 1.29 is 10.2 Å². The predicted octanol–water partition coefficient (Wildman–Crippen LogP) is 2.58. The van der Waals surface area contributed by atoms with E-state index in [4.69, 9.17) is 0 Å². The standard InChI is InChI=1S/C13H26O2/c1-4-12(14)8-11-7-10(9(2)3)5-6-13(11)15/h9-15H,4-8H2,1-3H3. The lowest BCUT2D eigenvalue weighted by atomic mass is 9.73. The molecule has 2 nitrogen and oxygen atoms in total. The molecule has 0 aliphatic heterocycles. The second-order valence-corrected chi connectivity index (χ2v) is 5.44. The fourth-order valence-electron chi connectivity index (χ4n) is 2.66. The van der Waals surface area contributed by atoms with E-state index in [0.717, 1.165) is 38.0 Å². The van der Waals surface area contributed by atoms with Crippen molar-refractivity contribution in [3.05, 3.63) is 0 Å². The maximum absolute atomic E-state index is 9.90. The third-order valence-electron chi connectivity index (χ3n) is 3.97. The first-order valence-corrected chi connectivity index (χ1v) is 6.40. The van der Waals surface area contributed by atoms with E-state index in [1.54, 1.807) is 0 Å². The van der Waals surface area contributed by atoms with Crippen molar-refractivity contribution >= 4 is 0 Å². The first-order valence-electron chi connectivity index (χ1n) is 6.40. The average molecular weight is 214 g/mol. The fraction of sp³-hybridized carbons (Fsp3) is 1.00. The van der Waals surface area contributed by atoms with Gasteiger partial charge in [-0.05, 0) is 49.9 Å². The first-order chi connectivity index (χ1) is 7.04. The van der Waals surface area contributed by atoms with Crippen LogP contribution in [0.1, 0.15) is 52.9 Å². The highest BCUT2D eigenvalue weighted by atomic mass is 16.3. The second kappa shape index (κ2) is 5.86. The molecule has 4 unspecified atom stereocenters. The summed E-state index contributed by atoms with van der Waals surface area (Å²) >= 11 is 0. The Hall–Kier alpha value is -0.0800. The summed E-state index contributed by atoms with van der Waals surface area (Å²) in [5.74, 6) is 1.77. The summed E-state index contributed by atoms with van der Waals surface area (Å²) in [6.45, 7) is 6.52. The van der Waals surface area contributed by atoms with E-state index >= 15 is 0 Å². The van der Waals surface area contributed by atoms with Crippen molar-refractivity contribution in [2.24, 2.45) is 17.8 Å².